The van der Waals surface area contributed by atoms with Crippen LogP contribution < -0.4 is 5.46 Å². The number of imidazole rings is 1. The summed E-state index contributed by atoms with van der Waals surface area (Å²) in [5.74, 6) is 0. The molecular weight excluding hydrogens is 159 g/mol. The Hall–Kier alpha value is -1.25. The van der Waals surface area contributed by atoms with Crippen LogP contribution in [0.5, 0.6) is 0 Å². The number of nitrogens with zero attached hydrogens (tertiary/aromatic N) is 2. The zero-order valence-corrected chi connectivity index (χ0v) is 8.13. The number of aryl methyl sites for hydroxylation is 2. The standard InChI is InChI=1S/C10H11BN2/c1-6-7(2)10-9(4-8(6)11)12-5-13(10)3/h4-5H,1-3H3. The molecule has 0 aliphatic carbocycles. The van der Waals surface area contributed by atoms with Crippen molar-refractivity contribution in [1.29, 1.82) is 0 Å². The first kappa shape index (κ1) is 8.36. The molecule has 0 unspecified atom stereocenters. The molecule has 0 spiro atoms. The molecule has 13 heavy (non-hydrogen) atoms. The Bertz CT molecular complexity index is 471. The van der Waals surface area contributed by atoms with E-state index in [2.05, 4.69) is 11.9 Å². The molecule has 0 bridgehead atoms. The van der Waals surface area contributed by atoms with Gasteiger partial charge in [0.15, 0.2) is 0 Å². The van der Waals surface area contributed by atoms with Gasteiger partial charge < -0.3 is 4.57 Å². The molecule has 0 saturated carbocycles. The molecule has 2 aromatic rings. The molecule has 1 aromatic carbocycles. The van der Waals surface area contributed by atoms with E-state index in [9.17, 15) is 0 Å². The normalized spacial score (nSPS) is 11.0. The maximum atomic E-state index is 5.85. The first-order valence-corrected chi connectivity index (χ1v) is 4.28. The van der Waals surface area contributed by atoms with Gasteiger partial charge in [-0.1, -0.05) is 11.0 Å². The minimum Gasteiger partial charge on any atom is -0.334 e. The van der Waals surface area contributed by atoms with Crippen molar-refractivity contribution in [2.24, 2.45) is 7.05 Å². The van der Waals surface area contributed by atoms with E-state index in [0.717, 1.165) is 16.5 Å². The van der Waals surface area contributed by atoms with Crippen LogP contribution in [0.4, 0.5) is 0 Å². The molecule has 3 heteroatoms. The highest BCUT2D eigenvalue weighted by Gasteiger charge is 2.06. The van der Waals surface area contributed by atoms with E-state index in [0.29, 0.717) is 0 Å². The summed E-state index contributed by atoms with van der Waals surface area (Å²) in [6.45, 7) is 4.12. The van der Waals surface area contributed by atoms with E-state index >= 15 is 0 Å². The molecule has 0 saturated heterocycles. The largest absolute Gasteiger partial charge is 0.334 e. The molecule has 64 valence electrons. The van der Waals surface area contributed by atoms with Crippen molar-refractivity contribution < 1.29 is 0 Å². The van der Waals surface area contributed by atoms with E-state index in [-0.39, 0.29) is 0 Å². The summed E-state index contributed by atoms with van der Waals surface area (Å²) in [7, 11) is 7.84. The number of benzene rings is 1. The van der Waals surface area contributed by atoms with E-state index in [1.807, 2.05) is 30.9 Å². The second-order valence-corrected chi connectivity index (χ2v) is 3.44. The number of aromatic nitrogens is 2. The quantitative estimate of drug-likeness (QED) is 0.539. The molecule has 0 amide bonds. The second kappa shape index (κ2) is 2.62. The van der Waals surface area contributed by atoms with Crippen molar-refractivity contribution in [3.63, 3.8) is 0 Å². The zero-order chi connectivity index (χ0) is 9.59. The van der Waals surface area contributed by atoms with Crippen LogP contribution in [-0.4, -0.2) is 17.4 Å². The monoisotopic (exact) mass is 170 g/mol. The summed E-state index contributed by atoms with van der Waals surface area (Å²) >= 11 is 0. The summed E-state index contributed by atoms with van der Waals surface area (Å²) in [6.07, 6.45) is 1.82. The minimum atomic E-state index is 0.823. The fraction of sp³-hybridized carbons (Fsp3) is 0.300. The Balaban J connectivity index is 2.97. The lowest BCUT2D eigenvalue weighted by atomic mass is 9.88. The lowest BCUT2D eigenvalue weighted by Crippen LogP contribution is -2.09. The van der Waals surface area contributed by atoms with Crippen molar-refractivity contribution >= 4 is 24.3 Å². The molecule has 1 heterocycles. The lowest BCUT2D eigenvalue weighted by Gasteiger charge is -2.07. The number of fused-ring (bicyclic) bond motifs is 1. The Labute approximate surface area is 79.0 Å². The third-order valence-corrected chi connectivity index (χ3v) is 2.61. The van der Waals surface area contributed by atoms with Crippen molar-refractivity contribution in [2.75, 3.05) is 0 Å². The van der Waals surface area contributed by atoms with Gasteiger partial charge in [-0.05, 0) is 25.5 Å². The summed E-state index contributed by atoms with van der Waals surface area (Å²) < 4.78 is 2.02. The number of rotatable bonds is 0. The third kappa shape index (κ3) is 1.07. The van der Waals surface area contributed by atoms with Gasteiger partial charge in [0.1, 0.15) is 7.85 Å². The third-order valence-electron chi connectivity index (χ3n) is 2.61. The van der Waals surface area contributed by atoms with Gasteiger partial charge in [0.25, 0.3) is 0 Å². The highest BCUT2D eigenvalue weighted by atomic mass is 15.0. The van der Waals surface area contributed by atoms with Gasteiger partial charge in [-0.3, -0.25) is 0 Å². The molecule has 1 aromatic heterocycles. The van der Waals surface area contributed by atoms with Crippen LogP contribution >= 0.6 is 0 Å². The molecule has 2 rings (SSSR count). The van der Waals surface area contributed by atoms with Crippen LogP contribution in [0.25, 0.3) is 11.0 Å². The Morgan fingerprint density at radius 2 is 2.00 bits per heavy atom. The molecule has 0 fully saturated rings. The SMILES string of the molecule is [B]c1cc2ncn(C)c2c(C)c1C. The second-order valence-electron chi connectivity index (χ2n) is 3.44. The highest BCUT2D eigenvalue weighted by molar-refractivity contribution is 6.34. The van der Waals surface area contributed by atoms with Gasteiger partial charge in [0, 0.05) is 7.05 Å². The Kier molecular flexibility index (Phi) is 1.69. The highest BCUT2D eigenvalue weighted by Crippen LogP contribution is 2.17. The predicted octanol–water partition coefficient (Wildman–Crippen LogP) is 0.984. The molecule has 2 radical (unpaired) electrons. The predicted molar refractivity (Wildman–Crippen MR) is 55.6 cm³/mol. The molecular formula is C10H11BN2. The van der Waals surface area contributed by atoms with Gasteiger partial charge in [-0.15, -0.1) is 0 Å². The first-order chi connectivity index (χ1) is 6.11. The van der Waals surface area contributed by atoms with Crippen LogP contribution in [0.2, 0.25) is 0 Å². The Morgan fingerprint density at radius 3 is 2.69 bits per heavy atom. The van der Waals surface area contributed by atoms with Crippen LogP contribution in [-0.2, 0) is 7.05 Å². The average Bonchev–Trinajstić information content (AvgIpc) is 2.43. The van der Waals surface area contributed by atoms with E-state index < -0.39 is 0 Å². The fourth-order valence-corrected chi connectivity index (χ4v) is 1.66. The average molecular weight is 170 g/mol. The van der Waals surface area contributed by atoms with Gasteiger partial charge in [0.05, 0.1) is 17.4 Å². The van der Waals surface area contributed by atoms with Crippen molar-refractivity contribution in [3.8, 4) is 0 Å². The number of hydrogen-bond acceptors (Lipinski definition) is 1. The van der Waals surface area contributed by atoms with Gasteiger partial charge >= 0.3 is 0 Å². The summed E-state index contributed by atoms with van der Waals surface area (Å²) in [5.41, 5.74) is 5.34. The summed E-state index contributed by atoms with van der Waals surface area (Å²) in [4.78, 5) is 4.26. The maximum absolute atomic E-state index is 5.85. The smallest absolute Gasteiger partial charge is 0.114 e. The molecule has 0 N–H and O–H groups in total. The van der Waals surface area contributed by atoms with E-state index in [1.165, 1.54) is 11.1 Å². The molecule has 2 nitrogen and oxygen atoms in total. The van der Waals surface area contributed by atoms with Crippen LogP contribution in [0, 0.1) is 13.8 Å². The summed E-state index contributed by atoms with van der Waals surface area (Å²) in [5, 5.41) is 0. The van der Waals surface area contributed by atoms with Gasteiger partial charge in [-0.2, -0.15) is 0 Å². The minimum absolute atomic E-state index is 0.823. The Morgan fingerprint density at radius 1 is 1.31 bits per heavy atom. The zero-order valence-electron chi connectivity index (χ0n) is 8.13. The van der Waals surface area contributed by atoms with Crippen LogP contribution in [0.3, 0.4) is 0 Å². The van der Waals surface area contributed by atoms with Crippen LogP contribution in [0.15, 0.2) is 12.4 Å². The first-order valence-electron chi connectivity index (χ1n) is 4.28. The van der Waals surface area contributed by atoms with Crippen molar-refractivity contribution in [3.05, 3.63) is 23.5 Å². The molecule has 0 atom stereocenters. The number of hydrogen-bond donors (Lipinski definition) is 0. The lowest BCUT2D eigenvalue weighted by molar-refractivity contribution is 0.943. The van der Waals surface area contributed by atoms with Gasteiger partial charge in [-0.25, -0.2) is 4.98 Å². The van der Waals surface area contributed by atoms with Gasteiger partial charge in [0.2, 0.25) is 0 Å². The summed E-state index contributed by atoms with van der Waals surface area (Å²) in [6, 6.07) is 1.93. The molecule has 0 aliphatic heterocycles. The maximum Gasteiger partial charge on any atom is 0.114 e. The molecule has 0 aliphatic rings. The van der Waals surface area contributed by atoms with E-state index in [4.69, 9.17) is 7.85 Å². The fourth-order valence-electron chi connectivity index (χ4n) is 1.66. The van der Waals surface area contributed by atoms with Crippen molar-refractivity contribution in [2.45, 2.75) is 13.8 Å². The topological polar surface area (TPSA) is 17.8 Å². The van der Waals surface area contributed by atoms with E-state index in [1.54, 1.807) is 0 Å². The van der Waals surface area contributed by atoms with Crippen LogP contribution in [0.1, 0.15) is 11.1 Å². The van der Waals surface area contributed by atoms with Crippen molar-refractivity contribution in [1.82, 2.24) is 9.55 Å².